The zero-order valence-corrected chi connectivity index (χ0v) is 18.3. The van der Waals surface area contributed by atoms with Crippen LogP contribution in [0.2, 0.25) is 0 Å². The molecule has 2 aromatic carbocycles. The van der Waals surface area contributed by atoms with Crippen LogP contribution < -0.4 is 9.80 Å². The highest BCUT2D eigenvalue weighted by molar-refractivity contribution is 5.92. The molecule has 1 fully saturated rings. The third kappa shape index (κ3) is 4.80. The number of pyridine rings is 1. The van der Waals surface area contributed by atoms with Crippen LogP contribution in [-0.2, 0) is 6.42 Å². The molecular formula is C25H30N4O2. The van der Waals surface area contributed by atoms with Crippen molar-refractivity contribution in [2.24, 2.45) is 0 Å². The summed E-state index contributed by atoms with van der Waals surface area (Å²) in [6.07, 6.45) is 0.0113. The van der Waals surface area contributed by atoms with Gasteiger partial charge in [0.05, 0.1) is 5.52 Å². The van der Waals surface area contributed by atoms with Crippen molar-refractivity contribution in [2.45, 2.75) is 20.3 Å². The predicted molar refractivity (Wildman–Crippen MR) is 126 cm³/mol. The van der Waals surface area contributed by atoms with Gasteiger partial charge in [0.2, 0.25) is 0 Å². The largest absolute Gasteiger partial charge is 0.465 e. The van der Waals surface area contributed by atoms with Crippen LogP contribution >= 0.6 is 0 Å². The number of fused-ring (bicyclic) bond motifs is 1. The number of hydrogen-bond donors (Lipinski definition) is 1. The van der Waals surface area contributed by atoms with Gasteiger partial charge in [0, 0.05) is 61.7 Å². The van der Waals surface area contributed by atoms with E-state index in [9.17, 15) is 9.90 Å². The van der Waals surface area contributed by atoms with Crippen LogP contribution in [0.25, 0.3) is 10.9 Å². The average molecular weight is 419 g/mol. The summed E-state index contributed by atoms with van der Waals surface area (Å²) >= 11 is 0. The second-order valence-electron chi connectivity index (χ2n) is 8.07. The number of amides is 1. The number of carboxylic acid groups (broad SMARTS) is 1. The molecule has 0 aliphatic carbocycles. The summed E-state index contributed by atoms with van der Waals surface area (Å²) in [4.78, 5) is 22.4. The summed E-state index contributed by atoms with van der Waals surface area (Å²) < 4.78 is 0. The Morgan fingerprint density at radius 1 is 1.06 bits per heavy atom. The van der Waals surface area contributed by atoms with Crippen molar-refractivity contribution in [1.29, 1.82) is 0 Å². The Hall–Kier alpha value is -3.12. The van der Waals surface area contributed by atoms with E-state index in [1.165, 1.54) is 21.5 Å². The Labute approximate surface area is 183 Å². The maximum absolute atomic E-state index is 11.4. The minimum absolute atomic E-state index is 0.448. The Balaban J connectivity index is 1.36. The van der Waals surface area contributed by atoms with Crippen molar-refractivity contribution in [1.82, 2.24) is 9.88 Å². The van der Waals surface area contributed by atoms with Gasteiger partial charge in [0.1, 0.15) is 0 Å². The highest BCUT2D eigenvalue weighted by Crippen LogP contribution is 2.27. The molecule has 0 saturated carbocycles. The van der Waals surface area contributed by atoms with Crippen LogP contribution in [0.4, 0.5) is 16.2 Å². The quantitative estimate of drug-likeness (QED) is 0.642. The summed E-state index contributed by atoms with van der Waals surface area (Å²) in [5.74, 6) is 0. The third-order valence-electron chi connectivity index (χ3n) is 6.05. The molecule has 1 amide bonds. The number of benzene rings is 2. The van der Waals surface area contributed by atoms with Crippen LogP contribution in [0.15, 0.2) is 54.6 Å². The van der Waals surface area contributed by atoms with E-state index >= 15 is 0 Å². The van der Waals surface area contributed by atoms with Crippen molar-refractivity contribution in [3.63, 3.8) is 0 Å². The van der Waals surface area contributed by atoms with Crippen LogP contribution in [0, 0.1) is 6.92 Å². The number of nitrogens with zero attached hydrogens (tertiary/aromatic N) is 4. The molecular weight excluding hydrogens is 388 g/mol. The van der Waals surface area contributed by atoms with Gasteiger partial charge >= 0.3 is 6.09 Å². The van der Waals surface area contributed by atoms with E-state index in [2.05, 4.69) is 51.2 Å². The summed E-state index contributed by atoms with van der Waals surface area (Å²) in [6.45, 7) is 9.34. The van der Waals surface area contributed by atoms with Crippen molar-refractivity contribution in [2.75, 3.05) is 49.1 Å². The second kappa shape index (κ2) is 9.35. The van der Waals surface area contributed by atoms with Gasteiger partial charge in [-0.3, -0.25) is 14.8 Å². The number of anilines is 2. The van der Waals surface area contributed by atoms with Crippen molar-refractivity contribution >= 4 is 28.4 Å². The molecule has 3 aromatic rings. The summed E-state index contributed by atoms with van der Waals surface area (Å²) in [5, 5.41) is 10.6. The molecule has 6 heteroatoms. The van der Waals surface area contributed by atoms with E-state index in [1.807, 2.05) is 32.0 Å². The van der Waals surface area contributed by atoms with Gasteiger partial charge in [-0.15, -0.1) is 0 Å². The Morgan fingerprint density at radius 3 is 2.58 bits per heavy atom. The van der Waals surface area contributed by atoms with Crippen LogP contribution in [0.3, 0.4) is 0 Å². The molecule has 0 radical (unpaired) electrons. The SMILES string of the molecule is CCN(C(=O)O)c1cccc(CCN2CCN(c3cccc4nc(C)ccc34)CC2)c1. The van der Waals surface area contributed by atoms with Crippen LogP contribution in [0.1, 0.15) is 18.2 Å². The lowest BCUT2D eigenvalue weighted by Gasteiger charge is -2.36. The first-order chi connectivity index (χ1) is 15.0. The van der Waals surface area contributed by atoms with Gasteiger partial charge in [-0.25, -0.2) is 4.79 Å². The molecule has 2 heterocycles. The Morgan fingerprint density at radius 2 is 1.84 bits per heavy atom. The molecule has 162 valence electrons. The molecule has 1 aromatic heterocycles. The topological polar surface area (TPSA) is 59.9 Å². The van der Waals surface area contributed by atoms with Crippen molar-refractivity contribution in [3.8, 4) is 0 Å². The molecule has 0 bridgehead atoms. The first-order valence-electron chi connectivity index (χ1n) is 11.0. The average Bonchev–Trinajstić information content (AvgIpc) is 2.78. The highest BCUT2D eigenvalue weighted by Gasteiger charge is 2.19. The first-order valence-corrected chi connectivity index (χ1v) is 11.0. The fourth-order valence-corrected chi connectivity index (χ4v) is 4.32. The van der Waals surface area contributed by atoms with E-state index in [-0.39, 0.29) is 0 Å². The normalized spacial score (nSPS) is 14.7. The lowest BCUT2D eigenvalue weighted by molar-refractivity contribution is 0.202. The number of aryl methyl sites for hydroxylation is 1. The van der Waals surface area contributed by atoms with Gasteiger partial charge in [-0.05, 0) is 62.2 Å². The molecule has 0 atom stereocenters. The van der Waals surface area contributed by atoms with E-state index in [1.54, 1.807) is 0 Å². The lowest BCUT2D eigenvalue weighted by atomic mass is 10.1. The highest BCUT2D eigenvalue weighted by atomic mass is 16.4. The molecule has 1 saturated heterocycles. The van der Waals surface area contributed by atoms with E-state index < -0.39 is 6.09 Å². The molecule has 6 nitrogen and oxygen atoms in total. The van der Waals surface area contributed by atoms with Gasteiger partial charge in [0.15, 0.2) is 0 Å². The zero-order chi connectivity index (χ0) is 21.8. The summed E-state index contributed by atoms with van der Waals surface area (Å²) in [7, 11) is 0. The third-order valence-corrected chi connectivity index (χ3v) is 6.05. The van der Waals surface area contributed by atoms with Gasteiger partial charge in [-0.2, -0.15) is 0 Å². The standard InChI is InChI=1S/C25H30N4O2/c1-3-29(25(30)31)21-7-4-6-20(18-21)12-13-27-14-16-28(17-15-27)24-9-5-8-23-22(24)11-10-19(2)26-23/h4-11,18H,3,12-17H2,1-2H3,(H,30,31). The fraction of sp³-hybridized carbons (Fsp3) is 0.360. The van der Waals surface area contributed by atoms with E-state index in [4.69, 9.17) is 0 Å². The molecule has 1 aliphatic heterocycles. The van der Waals surface area contributed by atoms with Gasteiger partial charge < -0.3 is 10.0 Å². The molecule has 4 rings (SSSR count). The van der Waals surface area contributed by atoms with Gasteiger partial charge in [0.25, 0.3) is 0 Å². The maximum atomic E-state index is 11.4. The predicted octanol–water partition coefficient (Wildman–Crippen LogP) is 4.41. The lowest BCUT2D eigenvalue weighted by Crippen LogP contribution is -2.47. The van der Waals surface area contributed by atoms with Crippen molar-refractivity contribution in [3.05, 3.63) is 65.9 Å². The number of aromatic nitrogens is 1. The minimum atomic E-state index is -0.908. The number of hydrogen-bond acceptors (Lipinski definition) is 4. The second-order valence-corrected chi connectivity index (χ2v) is 8.07. The summed E-state index contributed by atoms with van der Waals surface area (Å²) in [6, 6.07) is 18.5. The van der Waals surface area contributed by atoms with Gasteiger partial charge in [-0.1, -0.05) is 18.2 Å². The van der Waals surface area contributed by atoms with E-state index in [0.29, 0.717) is 6.54 Å². The molecule has 0 spiro atoms. The first kappa shape index (κ1) is 21.1. The number of carbonyl (C=O) groups is 1. The summed E-state index contributed by atoms with van der Waals surface area (Å²) in [5.41, 5.74) is 5.30. The zero-order valence-electron chi connectivity index (χ0n) is 18.3. The Kier molecular flexibility index (Phi) is 6.37. The minimum Gasteiger partial charge on any atom is -0.465 e. The fourth-order valence-electron chi connectivity index (χ4n) is 4.32. The van der Waals surface area contributed by atoms with Crippen molar-refractivity contribution < 1.29 is 9.90 Å². The molecule has 0 unspecified atom stereocenters. The molecule has 31 heavy (non-hydrogen) atoms. The smallest absolute Gasteiger partial charge is 0.411 e. The number of piperazine rings is 1. The van der Waals surface area contributed by atoms with Crippen LogP contribution in [0.5, 0.6) is 0 Å². The van der Waals surface area contributed by atoms with Crippen LogP contribution in [-0.4, -0.2) is 60.4 Å². The maximum Gasteiger partial charge on any atom is 0.411 e. The molecule has 1 N–H and O–H groups in total. The number of rotatable bonds is 6. The molecule has 1 aliphatic rings. The Bertz CT molecular complexity index is 1060. The van der Waals surface area contributed by atoms with E-state index in [0.717, 1.165) is 56.0 Å². The monoisotopic (exact) mass is 418 g/mol.